The summed E-state index contributed by atoms with van der Waals surface area (Å²) in [5.74, 6) is -1.26. The molecule has 114 valence electrons. The van der Waals surface area contributed by atoms with Crippen molar-refractivity contribution in [1.82, 2.24) is 0 Å². The topological polar surface area (TPSA) is 130 Å². The van der Waals surface area contributed by atoms with Crippen LogP contribution in [0.15, 0.2) is 53.4 Å². The fourth-order valence-corrected chi connectivity index (χ4v) is 2.57. The monoisotopic (exact) mass is 320 g/mol. The van der Waals surface area contributed by atoms with Gasteiger partial charge in [-0.15, -0.1) is 0 Å². The minimum atomic E-state index is -4.06. The summed E-state index contributed by atoms with van der Waals surface area (Å²) in [5.41, 5.74) is 10.6. The Balaban J connectivity index is 2.23. The average molecular weight is 320 g/mol. The quantitative estimate of drug-likeness (QED) is 0.781. The minimum Gasteiger partial charge on any atom is -0.379 e. The molecule has 0 saturated carbocycles. The van der Waals surface area contributed by atoms with E-state index in [1.54, 1.807) is 0 Å². The van der Waals surface area contributed by atoms with Crippen LogP contribution in [0.5, 0.6) is 5.75 Å². The first-order valence-corrected chi connectivity index (χ1v) is 7.44. The van der Waals surface area contributed by atoms with Gasteiger partial charge in [-0.1, -0.05) is 0 Å². The Kier molecular flexibility index (Phi) is 4.13. The van der Waals surface area contributed by atoms with Gasteiger partial charge >= 0.3 is 10.1 Å². The van der Waals surface area contributed by atoms with E-state index in [1.807, 2.05) is 0 Å². The van der Waals surface area contributed by atoms with E-state index in [0.29, 0.717) is 0 Å². The Morgan fingerprint density at radius 1 is 0.773 bits per heavy atom. The Bertz CT molecular complexity index is 811. The molecule has 0 aliphatic heterocycles. The fourth-order valence-electron chi connectivity index (χ4n) is 1.64. The number of benzene rings is 2. The summed E-state index contributed by atoms with van der Waals surface area (Å²) in [6.45, 7) is 0. The van der Waals surface area contributed by atoms with Crippen LogP contribution in [0, 0.1) is 0 Å². The molecule has 0 unspecified atom stereocenters. The zero-order valence-corrected chi connectivity index (χ0v) is 12.0. The number of carbonyl (C=O) groups excluding carboxylic acids is 2. The van der Waals surface area contributed by atoms with Crippen molar-refractivity contribution in [3.63, 3.8) is 0 Å². The van der Waals surface area contributed by atoms with Crippen molar-refractivity contribution in [2.24, 2.45) is 11.5 Å². The highest BCUT2D eigenvalue weighted by Gasteiger charge is 2.17. The lowest BCUT2D eigenvalue weighted by molar-refractivity contribution is 0.0992. The Labute approximate surface area is 126 Å². The number of hydrogen-bond acceptors (Lipinski definition) is 5. The van der Waals surface area contributed by atoms with E-state index in [9.17, 15) is 18.0 Å². The molecule has 7 nitrogen and oxygen atoms in total. The van der Waals surface area contributed by atoms with Gasteiger partial charge < -0.3 is 15.7 Å². The van der Waals surface area contributed by atoms with E-state index in [1.165, 1.54) is 48.5 Å². The van der Waals surface area contributed by atoms with Crippen LogP contribution in [0.2, 0.25) is 0 Å². The van der Waals surface area contributed by atoms with Crippen LogP contribution >= 0.6 is 0 Å². The zero-order valence-electron chi connectivity index (χ0n) is 11.2. The molecular formula is C14H12N2O5S. The van der Waals surface area contributed by atoms with Crippen molar-refractivity contribution in [2.75, 3.05) is 0 Å². The van der Waals surface area contributed by atoms with E-state index in [-0.39, 0.29) is 21.8 Å². The molecule has 4 N–H and O–H groups in total. The number of primary amides is 2. The lowest BCUT2D eigenvalue weighted by atomic mass is 10.2. The van der Waals surface area contributed by atoms with Crippen molar-refractivity contribution < 1.29 is 22.2 Å². The number of rotatable bonds is 5. The standard InChI is InChI=1S/C14H12N2O5S/c15-13(17)9-1-5-11(6-2-9)21-22(19,20)12-7-3-10(4-8-12)14(16)18/h1-8H,(H2,15,17)(H2,16,18). The number of carbonyl (C=O) groups is 2. The maximum atomic E-state index is 12.1. The molecule has 0 fully saturated rings. The molecule has 0 atom stereocenters. The summed E-state index contributed by atoms with van der Waals surface area (Å²) in [6, 6.07) is 10.3. The molecule has 0 bridgehead atoms. The third-order valence-electron chi connectivity index (χ3n) is 2.77. The third kappa shape index (κ3) is 3.41. The summed E-state index contributed by atoms with van der Waals surface area (Å²) in [5, 5.41) is 0. The van der Waals surface area contributed by atoms with Gasteiger partial charge in [0, 0.05) is 11.1 Å². The molecule has 0 aliphatic carbocycles. The van der Waals surface area contributed by atoms with Gasteiger partial charge in [-0.25, -0.2) is 0 Å². The van der Waals surface area contributed by atoms with Crippen LogP contribution in [0.25, 0.3) is 0 Å². The lowest BCUT2D eigenvalue weighted by Gasteiger charge is -2.07. The van der Waals surface area contributed by atoms with Crippen LogP contribution in [-0.2, 0) is 10.1 Å². The number of nitrogens with two attached hydrogens (primary N) is 2. The normalized spacial score (nSPS) is 10.9. The summed E-state index contributed by atoms with van der Waals surface area (Å²) in [6.07, 6.45) is 0. The van der Waals surface area contributed by atoms with E-state index in [0.717, 1.165) is 0 Å². The molecule has 0 aliphatic rings. The van der Waals surface area contributed by atoms with Crippen LogP contribution in [0.4, 0.5) is 0 Å². The largest absolute Gasteiger partial charge is 0.379 e. The van der Waals surface area contributed by atoms with Gasteiger partial charge in [-0.2, -0.15) is 8.42 Å². The first kappa shape index (κ1) is 15.5. The average Bonchev–Trinajstić information content (AvgIpc) is 2.47. The highest BCUT2D eigenvalue weighted by molar-refractivity contribution is 7.87. The van der Waals surface area contributed by atoms with Crippen LogP contribution in [-0.4, -0.2) is 20.2 Å². The van der Waals surface area contributed by atoms with Crippen molar-refractivity contribution in [3.8, 4) is 5.75 Å². The smallest absolute Gasteiger partial charge is 0.339 e. The summed E-state index contributed by atoms with van der Waals surface area (Å²) in [7, 11) is -4.06. The highest BCUT2D eigenvalue weighted by atomic mass is 32.2. The molecule has 0 aromatic heterocycles. The summed E-state index contributed by atoms with van der Waals surface area (Å²) < 4.78 is 29.1. The van der Waals surface area contributed by atoms with Crippen LogP contribution < -0.4 is 15.7 Å². The second-order valence-corrected chi connectivity index (χ2v) is 5.86. The highest BCUT2D eigenvalue weighted by Crippen LogP contribution is 2.19. The Morgan fingerprint density at radius 2 is 1.18 bits per heavy atom. The molecule has 2 aromatic carbocycles. The predicted octanol–water partition coefficient (Wildman–Crippen LogP) is 0.652. The minimum absolute atomic E-state index is 0.0315. The SMILES string of the molecule is NC(=O)c1ccc(OS(=O)(=O)c2ccc(C(N)=O)cc2)cc1. The Hall–Kier alpha value is -2.87. The van der Waals surface area contributed by atoms with E-state index in [2.05, 4.69) is 0 Å². The van der Waals surface area contributed by atoms with E-state index >= 15 is 0 Å². The lowest BCUT2D eigenvalue weighted by Crippen LogP contribution is -2.13. The van der Waals surface area contributed by atoms with Crippen molar-refractivity contribution in [1.29, 1.82) is 0 Å². The van der Waals surface area contributed by atoms with Crippen molar-refractivity contribution in [2.45, 2.75) is 4.90 Å². The van der Waals surface area contributed by atoms with E-state index < -0.39 is 21.9 Å². The summed E-state index contributed by atoms with van der Waals surface area (Å²) in [4.78, 5) is 21.7. The van der Waals surface area contributed by atoms with Crippen molar-refractivity contribution in [3.05, 3.63) is 59.7 Å². The maximum absolute atomic E-state index is 12.1. The molecule has 2 aromatic rings. The molecule has 22 heavy (non-hydrogen) atoms. The second kappa shape index (κ2) is 5.86. The predicted molar refractivity (Wildman–Crippen MR) is 77.7 cm³/mol. The first-order valence-electron chi connectivity index (χ1n) is 6.04. The van der Waals surface area contributed by atoms with Crippen molar-refractivity contribution >= 4 is 21.9 Å². The van der Waals surface area contributed by atoms with Gasteiger partial charge in [0.2, 0.25) is 11.8 Å². The molecular weight excluding hydrogens is 308 g/mol. The van der Waals surface area contributed by atoms with Gasteiger partial charge in [-0.3, -0.25) is 9.59 Å². The van der Waals surface area contributed by atoms with Gasteiger partial charge in [0.15, 0.2) is 0 Å². The number of hydrogen-bond donors (Lipinski definition) is 2. The molecule has 2 rings (SSSR count). The maximum Gasteiger partial charge on any atom is 0.339 e. The second-order valence-electron chi connectivity index (χ2n) is 4.31. The third-order valence-corrected chi connectivity index (χ3v) is 4.03. The van der Waals surface area contributed by atoms with E-state index in [4.69, 9.17) is 15.7 Å². The molecule has 0 heterocycles. The molecule has 0 radical (unpaired) electrons. The fraction of sp³-hybridized carbons (Fsp3) is 0. The van der Waals surface area contributed by atoms with Crippen LogP contribution in [0.3, 0.4) is 0 Å². The van der Waals surface area contributed by atoms with Crippen LogP contribution in [0.1, 0.15) is 20.7 Å². The molecule has 0 saturated heterocycles. The summed E-state index contributed by atoms with van der Waals surface area (Å²) >= 11 is 0. The zero-order chi connectivity index (χ0) is 16.3. The number of amides is 2. The van der Waals surface area contributed by atoms with Gasteiger partial charge in [0.1, 0.15) is 10.6 Å². The molecule has 2 amide bonds. The first-order chi connectivity index (χ1) is 10.3. The van der Waals surface area contributed by atoms with Gasteiger partial charge in [0.25, 0.3) is 0 Å². The van der Waals surface area contributed by atoms with Gasteiger partial charge in [0.05, 0.1) is 0 Å². The van der Waals surface area contributed by atoms with Gasteiger partial charge in [-0.05, 0) is 48.5 Å². The molecule has 0 spiro atoms. The molecule has 8 heteroatoms. The Morgan fingerprint density at radius 3 is 1.59 bits per heavy atom.